The van der Waals surface area contributed by atoms with Crippen molar-refractivity contribution in [3.63, 3.8) is 0 Å². The topological polar surface area (TPSA) is 26.9 Å². The summed E-state index contributed by atoms with van der Waals surface area (Å²) < 4.78 is 4.88. The summed E-state index contributed by atoms with van der Waals surface area (Å²) in [5.74, 6) is 0.366. The normalized spacial score (nSPS) is 14.2. The summed E-state index contributed by atoms with van der Waals surface area (Å²) in [4.78, 5) is 16.0. The van der Waals surface area contributed by atoms with Crippen LogP contribution in [0.2, 0.25) is 0 Å². The van der Waals surface area contributed by atoms with Gasteiger partial charge in [-0.05, 0) is 161 Å². The Bertz CT molecular complexity index is 4820. The largest absolute Gasteiger partial charge is 0.309 e. The van der Waals surface area contributed by atoms with Gasteiger partial charge < -0.3 is 9.13 Å². The molecular weight excluding hydrogens is 981 g/mol. The van der Waals surface area contributed by atoms with Crippen molar-refractivity contribution in [2.45, 2.75) is 30.6 Å². The molecule has 0 amide bonds. The molecule has 3 nitrogen and oxygen atoms in total. The number of aromatic nitrogens is 2. The van der Waals surface area contributed by atoms with E-state index in [4.69, 9.17) is 0 Å². The minimum Gasteiger partial charge on any atom is -0.309 e. The van der Waals surface area contributed by atoms with Crippen molar-refractivity contribution >= 4 is 49.4 Å². The summed E-state index contributed by atoms with van der Waals surface area (Å²) in [7, 11) is 0. The Morgan fingerprint density at radius 3 is 0.988 bits per heavy atom. The second-order valence-electron chi connectivity index (χ2n) is 23.1. The minimum absolute atomic E-state index is 0.0109. The molecule has 0 unspecified atom stereocenters. The Labute approximate surface area is 469 Å². The molecule has 0 saturated heterocycles. The van der Waals surface area contributed by atoms with E-state index in [2.05, 4.69) is 284 Å². The van der Waals surface area contributed by atoms with Crippen molar-refractivity contribution < 1.29 is 4.79 Å². The molecule has 12 aromatic carbocycles. The van der Waals surface area contributed by atoms with Crippen molar-refractivity contribution in [2.75, 3.05) is 0 Å². The molecule has 3 heteroatoms. The molecule has 0 saturated carbocycles. The standard InChI is InChI=1S/C78H50N2O/c1-46(2)47-31-36-56-57-38-33-48(42-68(57)77(67(56)41-47)64-24-10-3-17-52(64)53-18-4-11-25-65(53)77)76(81)49-32-37-55-54-19-5-12-26-66(54)78(69(55)43-49)70-44-50(79-72-27-13-6-20-60(72)61-21-7-14-28-73(61)79)34-39-58(70)59-40-35-51(45-71(59)78)80-74-29-15-8-22-62(74)63-23-9-16-30-75(63)80/h3-46H,1-2H3. The Hall–Kier alpha value is -10.1. The molecule has 0 atom stereocenters. The van der Waals surface area contributed by atoms with E-state index < -0.39 is 10.8 Å². The Balaban J connectivity index is 0.879. The molecule has 2 aromatic heterocycles. The zero-order valence-electron chi connectivity index (χ0n) is 44.7. The average Bonchev–Trinajstić information content (AvgIpc) is 4.19. The van der Waals surface area contributed by atoms with Gasteiger partial charge in [0.25, 0.3) is 0 Å². The molecule has 0 radical (unpaired) electrons. The minimum atomic E-state index is -0.786. The summed E-state index contributed by atoms with van der Waals surface area (Å²) >= 11 is 0. The summed E-state index contributed by atoms with van der Waals surface area (Å²) in [6, 6.07) is 96.5. The highest BCUT2D eigenvalue weighted by molar-refractivity contribution is 6.13. The van der Waals surface area contributed by atoms with Gasteiger partial charge in [-0.15, -0.1) is 0 Å². The molecule has 0 fully saturated rings. The molecule has 0 aliphatic heterocycles. The molecule has 81 heavy (non-hydrogen) atoms. The van der Waals surface area contributed by atoms with Crippen molar-refractivity contribution in [1.29, 1.82) is 0 Å². The van der Waals surface area contributed by atoms with E-state index in [1.807, 2.05) is 0 Å². The van der Waals surface area contributed by atoms with Gasteiger partial charge >= 0.3 is 0 Å². The van der Waals surface area contributed by atoms with E-state index in [0.29, 0.717) is 17.0 Å². The molecule has 0 bridgehead atoms. The quantitative estimate of drug-likeness (QED) is 0.158. The number of carbonyl (C=O) groups is 1. The number of rotatable bonds is 5. The Kier molecular flexibility index (Phi) is 8.87. The Morgan fingerprint density at radius 2 is 0.593 bits per heavy atom. The fourth-order valence-corrected chi connectivity index (χ4v) is 15.8. The van der Waals surface area contributed by atoms with Gasteiger partial charge in [0.05, 0.1) is 32.9 Å². The first-order chi connectivity index (χ1) is 39.9. The van der Waals surface area contributed by atoms with E-state index in [9.17, 15) is 0 Å². The van der Waals surface area contributed by atoms with Crippen molar-refractivity contribution in [3.05, 3.63) is 322 Å². The van der Waals surface area contributed by atoms with Crippen LogP contribution < -0.4 is 0 Å². The highest BCUT2D eigenvalue weighted by atomic mass is 16.1. The van der Waals surface area contributed by atoms with Crippen LogP contribution in [0.25, 0.3) is 99.5 Å². The fourth-order valence-electron chi connectivity index (χ4n) is 15.8. The van der Waals surface area contributed by atoms with E-state index in [0.717, 1.165) is 22.5 Å². The van der Waals surface area contributed by atoms with Crippen molar-refractivity contribution in [1.82, 2.24) is 9.13 Å². The fraction of sp³-hybridized carbons (Fsp3) is 0.0641. The van der Waals surface area contributed by atoms with Crippen LogP contribution in [0.1, 0.15) is 85.8 Å². The van der Waals surface area contributed by atoms with Crippen LogP contribution in [0, 0.1) is 0 Å². The first-order valence-corrected chi connectivity index (χ1v) is 28.5. The van der Waals surface area contributed by atoms with Crippen LogP contribution in [0.15, 0.2) is 261 Å². The van der Waals surface area contributed by atoms with E-state index in [-0.39, 0.29) is 5.78 Å². The van der Waals surface area contributed by atoms with Crippen LogP contribution in [-0.4, -0.2) is 14.9 Å². The number of carbonyl (C=O) groups excluding carboxylic acids is 1. The molecule has 2 spiro atoms. The summed E-state index contributed by atoms with van der Waals surface area (Å²) in [5.41, 5.74) is 27.6. The lowest BCUT2D eigenvalue weighted by atomic mass is 9.69. The van der Waals surface area contributed by atoms with Gasteiger partial charge in [0.15, 0.2) is 5.78 Å². The van der Waals surface area contributed by atoms with Crippen LogP contribution in [0.4, 0.5) is 0 Å². The van der Waals surface area contributed by atoms with Gasteiger partial charge in [-0.1, -0.05) is 214 Å². The maximum atomic E-state index is 16.0. The monoisotopic (exact) mass is 1030 g/mol. The van der Waals surface area contributed by atoms with Gasteiger partial charge in [-0.25, -0.2) is 0 Å². The summed E-state index contributed by atoms with van der Waals surface area (Å²) in [5, 5.41) is 4.91. The third-order valence-electron chi connectivity index (χ3n) is 19.1. The average molecular weight is 1030 g/mol. The van der Waals surface area contributed by atoms with Gasteiger partial charge in [0.1, 0.15) is 0 Å². The zero-order valence-corrected chi connectivity index (χ0v) is 44.7. The lowest BCUT2D eigenvalue weighted by Gasteiger charge is -2.31. The molecule has 14 aromatic rings. The highest BCUT2D eigenvalue weighted by Crippen LogP contribution is 2.65. The lowest BCUT2D eigenvalue weighted by molar-refractivity contribution is 0.103. The van der Waals surface area contributed by atoms with Gasteiger partial charge in [0.2, 0.25) is 0 Å². The maximum absolute atomic E-state index is 16.0. The number of ketones is 1. The molecule has 0 N–H and O–H groups in total. The van der Waals surface area contributed by atoms with Crippen LogP contribution >= 0.6 is 0 Å². The van der Waals surface area contributed by atoms with E-state index in [1.54, 1.807) is 0 Å². The summed E-state index contributed by atoms with van der Waals surface area (Å²) in [6.45, 7) is 4.56. The third kappa shape index (κ3) is 5.60. The molecule has 4 aliphatic rings. The predicted molar refractivity (Wildman–Crippen MR) is 332 cm³/mol. The van der Waals surface area contributed by atoms with Crippen molar-refractivity contribution in [3.8, 4) is 55.9 Å². The number of hydrogen-bond acceptors (Lipinski definition) is 1. The number of hydrogen-bond donors (Lipinski definition) is 0. The summed E-state index contributed by atoms with van der Waals surface area (Å²) in [6.07, 6.45) is 0. The third-order valence-corrected chi connectivity index (χ3v) is 19.1. The van der Waals surface area contributed by atoms with Gasteiger partial charge in [0, 0.05) is 44.0 Å². The lowest BCUT2D eigenvalue weighted by Crippen LogP contribution is -2.27. The number of fused-ring (bicyclic) bond motifs is 26. The molecule has 4 aliphatic carbocycles. The molecule has 378 valence electrons. The number of nitrogens with zero attached hydrogens (tertiary/aromatic N) is 2. The first kappa shape index (κ1) is 44.8. The molecule has 18 rings (SSSR count). The van der Waals surface area contributed by atoms with Gasteiger partial charge in [-0.3, -0.25) is 4.79 Å². The number of benzene rings is 12. The van der Waals surface area contributed by atoms with Crippen LogP contribution in [0.5, 0.6) is 0 Å². The SMILES string of the molecule is CC(C)c1ccc2c(c1)C1(c3ccccc3-c3ccccc31)c1cc(C(=O)c3ccc4c(c3)C3(c5ccccc5-4)c4cc(-n5c6ccccc6c6ccccc65)ccc4-c4ccc(-n5c6ccccc6c6ccccc65)cc43)ccc1-2. The molecule has 2 heterocycles. The highest BCUT2D eigenvalue weighted by Gasteiger charge is 2.54. The zero-order chi connectivity index (χ0) is 53.5. The smallest absolute Gasteiger partial charge is 0.193 e. The number of para-hydroxylation sites is 4. The van der Waals surface area contributed by atoms with Crippen LogP contribution in [0.3, 0.4) is 0 Å². The maximum Gasteiger partial charge on any atom is 0.193 e. The second kappa shape index (κ2) is 16.0. The second-order valence-corrected chi connectivity index (χ2v) is 23.1. The Morgan fingerprint density at radius 1 is 0.296 bits per heavy atom. The first-order valence-electron chi connectivity index (χ1n) is 28.5. The van der Waals surface area contributed by atoms with Gasteiger partial charge in [-0.2, -0.15) is 0 Å². The van der Waals surface area contributed by atoms with E-state index in [1.165, 1.54) is 127 Å². The van der Waals surface area contributed by atoms with E-state index >= 15 is 4.79 Å². The van der Waals surface area contributed by atoms with Crippen molar-refractivity contribution in [2.24, 2.45) is 0 Å². The predicted octanol–water partition coefficient (Wildman–Crippen LogP) is 18.9. The van der Waals surface area contributed by atoms with Crippen LogP contribution in [-0.2, 0) is 10.8 Å². The molecular formula is C78H50N2O.